The second kappa shape index (κ2) is 7.57. The molecule has 0 spiro atoms. The molecule has 2 rings (SSSR count). The minimum absolute atomic E-state index is 0.0814. The molecular formula is C18H21NO5S. The van der Waals surface area contributed by atoms with Crippen LogP contribution >= 0.6 is 0 Å². The Hall–Kier alpha value is -2.54. The molecule has 0 unspecified atom stereocenters. The lowest BCUT2D eigenvalue weighted by Crippen LogP contribution is -2.36. The zero-order valence-corrected chi connectivity index (χ0v) is 15.5. The van der Waals surface area contributed by atoms with E-state index in [2.05, 4.69) is 4.74 Å². The summed E-state index contributed by atoms with van der Waals surface area (Å²) >= 11 is 0. The first-order valence-electron chi connectivity index (χ1n) is 7.61. The molecule has 0 bridgehead atoms. The fourth-order valence-corrected chi connectivity index (χ4v) is 4.02. The molecule has 0 radical (unpaired) electrons. The minimum Gasteiger partial charge on any atom is -0.496 e. The van der Waals surface area contributed by atoms with E-state index in [1.807, 2.05) is 0 Å². The molecule has 0 aliphatic carbocycles. The molecule has 2 aromatic rings. The van der Waals surface area contributed by atoms with Crippen LogP contribution in [0, 0.1) is 13.8 Å². The van der Waals surface area contributed by atoms with E-state index in [1.54, 1.807) is 44.2 Å². The minimum atomic E-state index is -3.95. The van der Waals surface area contributed by atoms with Crippen molar-refractivity contribution in [2.24, 2.45) is 0 Å². The van der Waals surface area contributed by atoms with Crippen LogP contribution < -0.4 is 9.04 Å². The maximum absolute atomic E-state index is 13.2. The van der Waals surface area contributed by atoms with Gasteiger partial charge in [-0.25, -0.2) is 8.42 Å². The van der Waals surface area contributed by atoms with Crippen molar-refractivity contribution in [2.75, 3.05) is 25.1 Å². The first-order chi connectivity index (χ1) is 11.8. The molecule has 0 amide bonds. The third-order valence-electron chi connectivity index (χ3n) is 3.84. The van der Waals surface area contributed by atoms with Crippen LogP contribution in [0.3, 0.4) is 0 Å². The predicted octanol–water partition coefficient (Wildman–Crippen LogP) is 2.68. The number of nitrogens with zero attached hydrogens (tertiary/aromatic N) is 1. The van der Waals surface area contributed by atoms with Gasteiger partial charge in [0.2, 0.25) is 0 Å². The monoisotopic (exact) mass is 363 g/mol. The van der Waals surface area contributed by atoms with Gasteiger partial charge in [0.05, 0.1) is 24.8 Å². The number of anilines is 1. The highest BCUT2D eigenvalue weighted by atomic mass is 32.2. The summed E-state index contributed by atoms with van der Waals surface area (Å²) in [6, 6.07) is 11.6. The number of ether oxygens (including phenoxy) is 2. The van der Waals surface area contributed by atoms with Crippen molar-refractivity contribution in [3.05, 3.63) is 53.6 Å². The lowest BCUT2D eigenvalue weighted by molar-refractivity contribution is -0.138. The maximum atomic E-state index is 13.2. The molecule has 25 heavy (non-hydrogen) atoms. The van der Waals surface area contributed by atoms with Crippen molar-refractivity contribution in [3.8, 4) is 5.75 Å². The van der Waals surface area contributed by atoms with E-state index in [4.69, 9.17) is 4.74 Å². The van der Waals surface area contributed by atoms with Crippen LogP contribution in [-0.2, 0) is 19.6 Å². The van der Waals surface area contributed by atoms with Gasteiger partial charge < -0.3 is 9.47 Å². The van der Waals surface area contributed by atoms with Crippen LogP contribution in [0.1, 0.15) is 11.1 Å². The summed E-state index contributed by atoms with van der Waals surface area (Å²) in [7, 11) is -1.21. The zero-order chi connectivity index (χ0) is 18.6. The fraction of sp³-hybridized carbons (Fsp3) is 0.278. The largest absolute Gasteiger partial charge is 0.496 e. The van der Waals surface area contributed by atoms with Gasteiger partial charge in [-0.15, -0.1) is 0 Å². The van der Waals surface area contributed by atoms with Gasteiger partial charge in [0.1, 0.15) is 12.3 Å². The number of sulfonamides is 1. The molecule has 0 aromatic heterocycles. The van der Waals surface area contributed by atoms with Crippen LogP contribution in [0.4, 0.5) is 5.69 Å². The van der Waals surface area contributed by atoms with Crippen molar-refractivity contribution < 1.29 is 22.7 Å². The van der Waals surface area contributed by atoms with Crippen LogP contribution in [0.5, 0.6) is 5.75 Å². The number of rotatable bonds is 6. The van der Waals surface area contributed by atoms with Gasteiger partial charge in [0.25, 0.3) is 10.0 Å². The Labute approximate surface area is 148 Å². The van der Waals surface area contributed by atoms with E-state index in [9.17, 15) is 13.2 Å². The average Bonchev–Trinajstić information content (AvgIpc) is 2.60. The molecular weight excluding hydrogens is 342 g/mol. The number of methoxy groups -OCH3 is 2. The van der Waals surface area contributed by atoms with E-state index in [-0.39, 0.29) is 4.90 Å². The summed E-state index contributed by atoms with van der Waals surface area (Å²) in [5, 5.41) is 0. The Morgan fingerprint density at radius 2 is 1.72 bits per heavy atom. The Kier molecular flexibility index (Phi) is 5.69. The second-order valence-electron chi connectivity index (χ2n) is 5.51. The molecule has 2 aromatic carbocycles. The van der Waals surface area contributed by atoms with Crippen molar-refractivity contribution in [3.63, 3.8) is 0 Å². The summed E-state index contributed by atoms with van der Waals surface area (Å²) in [5.41, 5.74) is 1.85. The number of hydrogen-bond acceptors (Lipinski definition) is 5. The first-order valence-corrected chi connectivity index (χ1v) is 9.05. The van der Waals surface area contributed by atoms with E-state index in [0.29, 0.717) is 17.0 Å². The highest BCUT2D eigenvalue weighted by Crippen LogP contribution is 2.29. The summed E-state index contributed by atoms with van der Waals surface area (Å²) in [6.45, 7) is 3.14. The van der Waals surface area contributed by atoms with Gasteiger partial charge in [0, 0.05) is 0 Å². The second-order valence-corrected chi connectivity index (χ2v) is 7.37. The lowest BCUT2D eigenvalue weighted by atomic mass is 10.2. The third kappa shape index (κ3) is 3.93. The van der Waals surface area contributed by atoms with Crippen LogP contribution in [0.25, 0.3) is 0 Å². The molecule has 134 valence electrons. The van der Waals surface area contributed by atoms with Gasteiger partial charge in [0.15, 0.2) is 0 Å². The highest BCUT2D eigenvalue weighted by molar-refractivity contribution is 7.92. The molecule has 0 N–H and O–H groups in total. The van der Waals surface area contributed by atoms with E-state index < -0.39 is 22.5 Å². The van der Waals surface area contributed by atoms with E-state index in [0.717, 1.165) is 9.87 Å². The molecule has 0 fully saturated rings. The van der Waals surface area contributed by atoms with Crippen molar-refractivity contribution >= 4 is 21.7 Å². The molecule has 6 nitrogen and oxygen atoms in total. The van der Waals surface area contributed by atoms with Gasteiger partial charge >= 0.3 is 5.97 Å². The van der Waals surface area contributed by atoms with E-state index >= 15 is 0 Å². The molecule has 0 atom stereocenters. The fourth-order valence-electron chi connectivity index (χ4n) is 2.46. The van der Waals surface area contributed by atoms with Gasteiger partial charge in [-0.3, -0.25) is 9.10 Å². The molecule has 0 aliphatic heterocycles. The number of hydrogen-bond donors (Lipinski definition) is 0. The van der Waals surface area contributed by atoms with Gasteiger partial charge in [-0.05, 0) is 49.2 Å². The molecule has 7 heteroatoms. The van der Waals surface area contributed by atoms with Crippen molar-refractivity contribution in [1.29, 1.82) is 0 Å². The molecule has 0 saturated carbocycles. The summed E-state index contributed by atoms with van der Waals surface area (Å²) in [6.07, 6.45) is 0. The summed E-state index contributed by atoms with van der Waals surface area (Å²) < 4.78 is 37.2. The first kappa shape index (κ1) is 18.8. The molecule has 0 aliphatic rings. The molecule has 0 saturated heterocycles. The Morgan fingerprint density at radius 1 is 1.04 bits per heavy atom. The lowest BCUT2D eigenvalue weighted by Gasteiger charge is -2.25. The topological polar surface area (TPSA) is 72.9 Å². The quantitative estimate of drug-likeness (QED) is 0.738. The van der Waals surface area contributed by atoms with Crippen molar-refractivity contribution in [1.82, 2.24) is 0 Å². The number of para-hydroxylation sites is 1. The summed E-state index contributed by atoms with van der Waals surface area (Å²) in [5.74, 6) is -0.0496. The summed E-state index contributed by atoms with van der Waals surface area (Å²) in [4.78, 5) is 11.9. The SMILES string of the molecule is COC(=O)CN(c1ccccc1C)S(=O)(=O)c1ccc(OC)c(C)c1. The molecule has 0 heterocycles. The number of benzene rings is 2. The van der Waals surface area contributed by atoms with Crippen LogP contribution in [0.2, 0.25) is 0 Å². The number of aryl methyl sites for hydroxylation is 2. The number of carbonyl (C=O) groups is 1. The predicted molar refractivity (Wildman–Crippen MR) is 95.5 cm³/mol. The van der Waals surface area contributed by atoms with E-state index in [1.165, 1.54) is 26.4 Å². The third-order valence-corrected chi connectivity index (χ3v) is 5.59. The van der Waals surface area contributed by atoms with Crippen LogP contribution in [-0.4, -0.2) is 35.2 Å². The smallest absolute Gasteiger partial charge is 0.326 e. The number of esters is 1. The van der Waals surface area contributed by atoms with Gasteiger partial charge in [-0.2, -0.15) is 0 Å². The highest BCUT2D eigenvalue weighted by Gasteiger charge is 2.29. The standard InChI is InChI=1S/C18H21NO5S/c1-13-7-5-6-8-16(13)19(12-18(20)24-4)25(21,22)15-9-10-17(23-3)14(2)11-15/h5-11H,12H2,1-4H3. The van der Waals surface area contributed by atoms with Crippen LogP contribution in [0.15, 0.2) is 47.4 Å². The van der Waals surface area contributed by atoms with Crippen molar-refractivity contribution in [2.45, 2.75) is 18.7 Å². The average molecular weight is 363 g/mol. The number of carbonyl (C=O) groups excluding carboxylic acids is 1. The Balaban J connectivity index is 2.57. The normalized spacial score (nSPS) is 11.0. The zero-order valence-electron chi connectivity index (χ0n) is 14.6. The Morgan fingerprint density at radius 3 is 2.28 bits per heavy atom. The maximum Gasteiger partial charge on any atom is 0.326 e. The van der Waals surface area contributed by atoms with Gasteiger partial charge in [-0.1, -0.05) is 18.2 Å². The Bertz CT molecular complexity index is 877.